The molecular weight excluding hydrogens is 441 g/mol. The van der Waals surface area contributed by atoms with Gasteiger partial charge in [0.1, 0.15) is 41.5 Å². The number of fused-ring (bicyclic) bond motifs is 3. The second-order valence-corrected chi connectivity index (χ2v) is 9.36. The molecule has 3 aliphatic rings. The van der Waals surface area contributed by atoms with Crippen molar-refractivity contribution in [1.29, 1.82) is 0 Å². The molecule has 0 amide bonds. The first kappa shape index (κ1) is 19.9. The lowest BCUT2D eigenvalue weighted by atomic mass is 9.92. The summed E-state index contributed by atoms with van der Waals surface area (Å²) >= 11 is 12.5. The average Bonchev–Trinajstić information content (AvgIpc) is 3.38. The van der Waals surface area contributed by atoms with Crippen LogP contribution in [0, 0.1) is 0 Å². The van der Waals surface area contributed by atoms with Crippen molar-refractivity contribution in [1.82, 2.24) is 14.5 Å². The highest BCUT2D eigenvalue weighted by atomic mass is 35.5. The number of rotatable bonds is 2. The van der Waals surface area contributed by atoms with E-state index in [0.717, 1.165) is 22.4 Å². The molecule has 3 aromatic rings. The molecule has 0 aliphatic carbocycles. The Kier molecular flexibility index (Phi) is 4.58. The van der Waals surface area contributed by atoms with Gasteiger partial charge in [0.05, 0.1) is 12.0 Å². The molecule has 0 spiro atoms. The van der Waals surface area contributed by atoms with Crippen LogP contribution in [0.25, 0.3) is 11.0 Å². The molecule has 9 heteroatoms. The van der Waals surface area contributed by atoms with E-state index in [1.54, 1.807) is 0 Å². The normalized spacial score (nSPS) is 31.7. The Morgan fingerprint density at radius 2 is 1.90 bits per heavy atom. The summed E-state index contributed by atoms with van der Waals surface area (Å²) in [5.74, 6) is -0.733. The van der Waals surface area contributed by atoms with Crippen LogP contribution in [0.1, 0.15) is 37.3 Å². The predicted molar refractivity (Wildman–Crippen MR) is 114 cm³/mol. The molecule has 5 atom stereocenters. The molecule has 3 aliphatic heterocycles. The Bertz CT molecular complexity index is 1170. The minimum atomic E-state index is -0.733. The largest absolute Gasteiger partial charge is 0.370 e. The van der Waals surface area contributed by atoms with E-state index < -0.39 is 12.0 Å². The minimum Gasteiger partial charge on any atom is -0.370 e. The highest BCUT2D eigenvalue weighted by Gasteiger charge is 2.58. The standard InChI is InChI=1S/C22H21Cl2N3O4/c1-22(2)30-17-16(15-13-4-3-12(23)9-11(13)6-8-28-15)29-21(18(17)31-22)27-7-5-14-19(24)25-10-26-20(14)27/h3-5,7,9-10,15-18,21H,6,8H2,1-2H3/t15-,16-,17-,18-,21-/m1/s1. The van der Waals surface area contributed by atoms with E-state index in [2.05, 4.69) is 9.97 Å². The lowest BCUT2D eigenvalue weighted by molar-refractivity contribution is -0.212. The smallest absolute Gasteiger partial charge is 0.164 e. The van der Waals surface area contributed by atoms with Crippen LogP contribution in [0.5, 0.6) is 0 Å². The van der Waals surface area contributed by atoms with E-state index in [0.29, 0.717) is 17.4 Å². The van der Waals surface area contributed by atoms with Gasteiger partial charge in [0, 0.05) is 11.2 Å². The van der Waals surface area contributed by atoms with E-state index in [-0.39, 0.29) is 24.4 Å². The topological polar surface area (TPSA) is 67.6 Å². The number of aromatic nitrogens is 3. The molecule has 1 aromatic carbocycles. The van der Waals surface area contributed by atoms with Crippen molar-refractivity contribution >= 4 is 34.2 Å². The van der Waals surface area contributed by atoms with Crippen LogP contribution in [-0.2, 0) is 25.4 Å². The molecule has 0 bridgehead atoms. The van der Waals surface area contributed by atoms with Gasteiger partial charge in [0.15, 0.2) is 12.0 Å². The van der Waals surface area contributed by atoms with Crippen molar-refractivity contribution in [2.24, 2.45) is 0 Å². The van der Waals surface area contributed by atoms with Crippen molar-refractivity contribution < 1.29 is 18.9 Å². The number of hydrogen-bond acceptors (Lipinski definition) is 6. The first-order valence-electron chi connectivity index (χ1n) is 10.3. The van der Waals surface area contributed by atoms with Gasteiger partial charge in [-0.05, 0) is 49.6 Å². The summed E-state index contributed by atoms with van der Waals surface area (Å²) in [6, 6.07) is 7.80. The second-order valence-electron chi connectivity index (χ2n) is 8.57. The van der Waals surface area contributed by atoms with Crippen LogP contribution in [-0.4, -0.2) is 45.2 Å². The van der Waals surface area contributed by atoms with Crippen molar-refractivity contribution in [2.75, 3.05) is 6.61 Å². The van der Waals surface area contributed by atoms with Crippen molar-refractivity contribution in [3.05, 3.63) is 58.1 Å². The van der Waals surface area contributed by atoms with Crippen LogP contribution in [0.15, 0.2) is 36.8 Å². The fraction of sp³-hybridized carbons (Fsp3) is 0.455. The molecule has 0 unspecified atom stereocenters. The molecule has 2 aromatic heterocycles. The SMILES string of the molecule is CC1(C)O[C@H]2[C@@H](O1)[C@H](n1ccc3c(Cl)ncnc31)O[C@@H]2[C@@H]1OCCc2cc(Cl)ccc21. The average molecular weight is 462 g/mol. The Morgan fingerprint density at radius 1 is 1.06 bits per heavy atom. The molecule has 162 valence electrons. The second kappa shape index (κ2) is 7.13. The van der Waals surface area contributed by atoms with Gasteiger partial charge in [-0.15, -0.1) is 0 Å². The van der Waals surface area contributed by atoms with E-state index in [9.17, 15) is 0 Å². The van der Waals surface area contributed by atoms with Gasteiger partial charge < -0.3 is 23.5 Å². The zero-order valence-corrected chi connectivity index (χ0v) is 18.5. The number of nitrogens with zero attached hydrogens (tertiary/aromatic N) is 3. The summed E-state index contributed by atoms with van der Waals surface area (Å²) in [6.45, 7) is 4.43. The molecule has 2 saturated heterocycles. The molecule has 0 saturated carbocycles. The van der Waals surface area contributed by atoms with Gasteiger partial charge in [0.2, 0.25) is 0 Å². The molecule has 2 fully saturated rings. The van der Waals surface area contributed by atoms with Crippen LogP contribution in [0.3, 0.4) is 0 Å². The highest BCUT2D eigenvalue weighted by Crippen LogP contribution is 2.49. The third-order valence-corrected chi connectivity index (χ3v) is 6.71. The monoisotopic (exact) mass is 461 g/mol. The molecule has 7 nitrogen and oxygen atoms in total. The van der Waals surface area contributed by atoms with Gasteiger partial charge in [-0.1, -0.05) is 29.3 Å². The van der Waals surface area contributed by atoms with Crippen LogP contribution >= 0.6 is 23.2 Å². The van der Waals surface area contributed by atoms with Crippen LogP contribution in [0.2, 0.25) is 10.2 Å². The van der Waals surface area contributed by atoms with Crippen LogP contribution < -0.4 is 0 Å². The summed E-state index contributed by atoms with van der Waals surface area (Å²) in [5, 5.41) is 1.89. The van der Waals surface area contributed by atoms with Gasteiger partial charge in [-0.25, -0.2) is 9.97 Å². The summed E-state index contributed by atoms with van der Waals surface area (Å²) in [4.78, 5) is 8.50. The highest BCUT2D eigenvalue weighted by molar-refractivity contribution is 6.33. The maximum atomic E-state index is 6.59. The quantitative estimate of drug-likeness (QED) is 0.524. The van der Waals surface area contributed by atoms with Crippen molar-refractivity contribution in [3.8, 4) is 0 Å². The molecule has 0 radical (unpaired) electrons. The lowest BCUT2D eigenvalue weighted by Crippen LogP contribution is -2.37. The molecule has 6 rings (SSSR count). The summed E-state index contributed by atoms with van der Waals surface area (Å²) in [7, 11) is 0. The first-order valence-corrected chi connectivity index (χ1v) is 11.0. The molecule has 31 heavy (non-hydrogen) atoms. The van der Waals surface area contributed by atoms with Crippen molar-refractivity contribution in [2.45, 2.75) is 56.7 Å². The zero-order chi connectivity index (χ0) is 21.3. The van der Waals surface area contributed by atoms with Crippen LogP contribution in [0.4, 0.5) is 0 Å². The molecular formula is C22H21Cl2N3O4. The number of ether oxygens (including phenoxy) is 4. The van der Waals surface area contributed by atoms with E-state index in [1.807, 2.05) is 48.9 Å². The number of benzene rings is 1. The van der Waals surface area contributed by atoms with E-state index >= 15 is 0 Å². The molecule has 0 N–H and O–H groups in total. The third-order valence-electron chi connectivity index (χ3n) is 6.18. The maximum Gasteiger partial charge on any atom is 0.164 e. The van der Waals surface area contributed by atoms with E-state index in [1.165, 1.54) is 11.9 Å². The van der Waals surface area contributed by atoms with Gasteiger partial charge in [0.25, 0.3) is 0 Å². The van der Waals surface area contributed by atoms with Gasteiger partial charge in [-0.2, -0.15) is 0 Å². The van der Waals surface area contributed by atoms with Gasteiger partial charge >= 0.3 is 0 Å². The Hall–Kier alpha value is -1.74. The minimum absolute atomic E-state index is 0.281. The lowest BCUT2D eigenvalue weighted by Gasteiger charge is -2.33. The zero-order valence-electron chi connectivity index (χ0n) is 17.0. The fourth-order valence-corrected chi connectivity index (χ4v) is 5.33. The first-order chi connectivity index (χ1) is 14.9. The van der Waals surface area contributed by atoms with E-state index in [4.69, 9.17) is 42.1 Å². The van der Waals surface area contributed by atoms with Gasteiger partial charge in [-0.3, -0.25) is 0 Å². The number of hydrogen-bond donors (Lipinski definition) is 0. The van der Waals surface area contributed by atoms with Crippen molar-refractivity contribution in [3.63, 3.8) is 0 Å². The predicted octanol–water partition coefficient (Wildman–Crippen LogP) is 4.47. The Morgan fingerprint density at radius 3 is 2.77 bits per heavy atom. The maximum absolute atomic E-state index is 6.59. The Balaban J connectivity index is 1.42. The molecule has 5 heterocycles. The summed E-state index contributed by atoms with van der Waals surface area (Å²) < 4.78 is 27.4. The third kappa shape index (κ3) is 3.18. The fourth-order valence-electron chi connectivity index (χ4n) is 4.95. The summed E-state index contributed by atoms with van der Waals surface area (Å²) in [6.07, 6.45) is 2.46. The Labute approximate surface area is 189 Å². The summed E-state index contributed by atoms with van der Waals surface area (Å²) in [5.41, 5.74) is 2.95. The number of halogens is 2.